The number of fused-ring (bicyclic) bond motifs is 1. The Balaban J connectivity index is 1.91. The summed E-state index contributed by atoms with van der Waals surface area (Å²) in [6, 6.07) is 11.9. The number of hydrogen-bond acceptors (Lipinski definition) is 4. The van der Waals surface area contributed by atoms with Crippen LogP contribution in [-0.2, 0) is 22.6 Å². The number of nitrogens with zero attached hydrogens (tertiary/aromatic N) is 1. The molecule has 2 aromatic rings. The van der Waals surface area contributed by atoms with Crippen molar-refractivity contribution in [2.75, 3.05) is 6.54 Å². The molecule has 1 amide bonds. The topological polar surface area (TPSA) is 55.8 Å². The summed E-state index contributed by atoms with van der Waals surface area (Å²) in [6.45, 7) is 5.65. The van der Waals surface area contributed by atoms with Gasteiger partial charge in [0.2, 0.25) is 0 Å². The lowest BCUT2D eigenvalue weighted by Crippen LogP contribution is -2.45. The number of amides is 1. The van der Waals surface area contributed by atoms with Crippen LogP contribution in [-0.4, -0.2) is 29.2 Å². The number of benzene rings is 2. The van der Waals surface area contributed by atoms with Gasteiger partial charge in [-0.25, -0.2) is 4.79 Å². The molecule has 1 unspecified atom stereocenters. The molecule has 148 valence electrons. The summed E-state index contributed by atoms with van der Waals surface area (Å²) >= 11 is 0. The van der Waals surface area contributed by atoms with Gasteiger partial charge in [-0.3, -0.25) is 9.69 Å². The first-order chi connectivity index (χ1) is 13.3. The highest BCUT2D eigenvalue weighted by Crippen LogP contribution is 2.38. The van der Waals surface area contributed by atoms with Crippen molar-refractivity contribution in [1.82, 2.24) is 4.90 Å². The third-order valence-electron chi connectivity index (χ3n) is 4.44. The maximum Gasteiger partial charge on any atom is 0.411 e. The fourth-order valence-electron chi connectivity index (χ4n) is 3.26. The average molecular weight is 385 g/mol. The highest BCUT2D eigenvalue weighted by molar-refractivity contribution is 5.84. The van der Waals surface area contributed by atoms with Crippen LogP contribution in [0.5, 0.6) is 5.75 Å². The summed E-state index contributed by atoms with van der Waals surface area (Å²) in [4.78, 5) is 25.6. The quantitative estimate of drug-likeness (QED) is 0.722. The second kappa shape index (κ2) is 8.00. The van der Waals surface area contributed by atoms with Crippen LogP contribution in [0.15, 0.2) is 48.5 Å². The van der Waals surface area contributed by atoms with Crippen LogP contribution < -0.4 is 4.74 Å². The van der Waals surface area contributed by atoms with Crippen molar-refractivity contribution in [2.45, 2.75) is 45.4 Å². The molecule has 1 aliphatic heterocycles. The van der Waals surface area contributed by atoms with Crippen molar-refractivity contribution < 1.29 is 23.5 Å². The van der Waals surface area contributed by atoms with Crippen molar-refractivity contribution >= 4 is 12.1 Å². The number of ether oxygens (including phenoxy) is 2. The molecular formula is C22H24FNO4. The van der Waals surface area contributed by atoms with Crippen molar-refractivity contribution in [2.24, 2.45) is 0 Å². The summed E-state index contributed by atoms with van der Waals surface area (Å²) in [7, 11) is 0. The summed E-state index contributed by atoms with van der Waals surface area (Å²) in [5, 5.41) is 0. The van der Waals surface area contributed by atoms with Gasteiger partial charge >= 0.3 is 12.1 Å². The zero-order valence-corrected chi connectivity index (χ0v) is 16.3. The molecule has 0 bridgehead atoms. The molecule has 1 atom stereocenters. The second-order valence-corrected chi connectivity index (χ2v) is 7.73. The molecule has 0 saturated carbocycles. The van der Waals surface area contributed by atoms with Gasteiger partial charge in [-0.1, -0.05) is 42.5 Å². The van der Waals surface area contributed by atoms with Gasteiger partial charge in [0.25, 0.3) is 0 Å². The smallest absolute Gasteiger partial charge is 0.411 e. The Morgan fingerprint density at radius 3 is 2.46 bits per heavy atom. The Hall–Kier alpha value is -2.89. The highest BCUT2D eigenvalue weighted by Gasteiger charge is 2.40. The van der Waals surface area contributed by atoms with Crippen LogP contribution in [0.2, 0.25) is 0 Å². The predicted octanol–water partition coefficient (Wildman–Crippen LogP) is 4.60. The first-order valence-electron chi connectivity index (χ1n) is 9.24. The summed E-state index contributed by atoms with van der Waals surface area (Å²) < 4.78 is 25.4. The van der Waals surface area contributed by atoms with E-state index in [4.69, 9.17) is 9.47 Å². The van der Waals surface area contributed by atoms with E-state index in [-0.39, 0.29) is 13.2 Å². The number of hydrogen-bond donors (Lipinski definition) is 0. The molecule has 3 rings (SSSR count). The largest absolute Gasteiger partial charge is 0.489 e. The Kier molecular flexibility index (Phi) is 5.68. The molecule has 2 aromatic carbocycles. The average Bonchev–Trinajstić information content (AvgIpc) is 2.64. The summed E-state index contributed by atoms with van der Waals surface area (Å²) in [5.74, 6) is 0.394. The molecule has 1 heterocycles. The zero-order valence-electron chi connectivity index (χ0n) is 16.3. The molecule has 0 aliphatic carbocycles. The normalized spacial score (nSPS) is 16.3. The lowest BCUT2D eigenvalue weighted by molar-refractivity contribution is -0.135. The molecule has 28 heavy (non-hydrogen) atoms. The van der Waals surface area contributed by atoms with E-state index in [2.05, 4.69) is 0 Å². The van der Waals surface area contributed by atoms with Crippen LogP contribution in [0.3, 0.4) is 0 Å². The van der Waals surface area contributed by atoms with Gasteiger partial charge in [0.15, 0.2) is 6.04 Å². The van der Waals surface area contributed by atoms with E-state index in [1.54, 1.807) is 26.8 Å². The van der Waals surface area contributed by atoms with E-state index in [9.17, 15) is 14.0 Å². The van der Waals surface area contributed by atoms with Gasteiger partial charge in [-0.15, -0.1) is 0 Å². The monoisotopic (exact) mass is 385 g/mol. The number of carbonyl (C=O) groups excluding carboxylic acids is 2. The van der Waals surface area contributed by atoms with Gasteiger partial charge in [0.1, 0.15) is 18.0 Å². The van der Waals surface area contributed by atoms with Gasteiger partial charge in [-0.05, 0) is 44.4 Å². The van der Waals surface area contributed by atoms with Gasteiger partial charge in [0, 0.05) is 12.1 Å². The Labute approximate surface area is 164 Å². The van der Waals surface area contributed by atoms with Gasteiger partial charge in [0.05, 0.1) is 0 Å². The minimum atomic E-state index is -1.61. The zero-order chi connectivity index (χ0) is 20.3. The van der Waals surface area contributed by atoms with Gasteiger partial charge in [-0.2, -0.15) is 4.39 Å². The third-order valence-corrected chi connectivity index (χ3v) is 4.44. The Morgan fingerprint density at radius 2 is 1.82 bits per heavy atom. The van der Waals surface area contributed by atoms with Crippen LogP contribution >= 0.6 is 0 Å². The van der Waals surface area contributed by atoms with Crippen LogP contribution in [0.1, 0.15) is 43.5 Å². The van der Waals surface area contributed by atoms with Crippen molar-refractivity contribution in [3.05, 3.63) is 65.2 Å². The van der Waals surface area contributed by atoms with E-state index in [1.165, 1.54) is 0 Å². The minimum Gasteiger partial charge on any atom is -0.489 e. The fourth-order valence-corrected chi connectivity index (χ4v) is 3.26. The van der Waals surface area contributed by atoms with E-state index < -0.39 is 23.8 Å². The molecule has 0 N–H and O–H groups in total. The first kappa shape index (κ1) is 19.9. The standard InChI is InChI=1S/C22H24FNO4/c1-22(2,3)28-21(26)24-13-12-16-10-7-11-17(18(16)19(24)20(23)25)27-14-15-8-5-4-6-9-15/h4-11,19H,12-14H2,1-3H3. The predicted molar refractivity (Wildman–Crippen MR) is 103 cm³/mol. The summed E-state index contributed by atoms with van der Waals surface area (Å²) in [5.41, 5.74) is 1.39. The van der Waals surface area contributed by atoms with Crippen LogP contribution in [0.4, 0.5) is 9.18 Å². The number of carbonyl (C=O) groups is 2. The van der Waals surface area contributed by atoms with E-state index >= 15 is 0 Å². The maximum atomic E-state index is 14.1. The Morgan fingerprint density at radius 1 is 1.11 bits per heavy atom. The van der Waals surface area contributed by atoms with Crippen LogP contribution in [0, 0.1) is 0 Å². The lowest BCUT2D eigenvalue weighted by atomic mass is 9.92. The fraction of sp³-hybridized carbons (Fsp3) is 0.364. The van der Waals surface area contributed by atoms with Crippen LogP contribution in [0.25, 0.3) is 0 Å². The second-order valence-electron chi connectivity index (χ2n) is 7.73. The third kappa shape index (κ3) is 4.50. The lowest BCUT2D eigenvalue weighted by Gasteiger charge is -2.36. The summed E-state index contributed by atoms with van der Waals surface area (Å²) in [6.07, 6.45) is -0.229. The van der Waals surface area contributed by atoms with E-state index in [0.717, 1.165) is 16.0 Å². The molecule has 5 nitrogen and oxygen atoms in total. The van der Waals surface area contributed by atoms with E-state index in [0.29, 0.717) is 17.7 Å². The Bertz CT molecular complexity index is 861. The molecule has 0 radical (unpaired) electrons. The number of rotatable bonds is 4. The molecule has 0 aromatic heterocycles. The first-order valence-corrected chi connectivity index (χ1v) is 9.24. The molecule has 1 aliphatic rings. The van der Waals surface area contributed by atoms with Crippen molar-refractivity contribution in [1.29, 1.82) is 0 Å². The molecule has 0 fully saturated rings. The molecular weight excluding hydrogens is 361 g/mol. The van der Waals surface area contributed by atoms with E-state index in [1.807, 2.05) is 42.5 Å². The van der Waals surface area contributed by atoms with Gasteiger partial charge < -0.3 is 9.47 Å². The molecule has 0 saturated heterocycles. The number of halogens is 1. The minimum absolute atomic E-state index is 0.199. The SMILES string of the molecule is CC(C)(C)OC(=O)N1CCc2cccc(OCc3ccccc3)c2C1C(=O)F. The van der Waals surface area contributed by atoms with Crippen molar-refractivity contribution in [3.63, 3.8) is 0 Å². The highest BCUT2D eigenvalue weighted by atomic mass is 19.1. The molecule has 6 heteroatoms. The maximum absolute atomic E-state index is 14.1. The molecule has 0 spiro atoms. The van der Waals surface area contributed by atoms with Crippen molar-refractivity contribution in [3.8, 4) is 5.75 Å².